The fourth-order valence-corrected chi connectivity index (χ4v) is 5.05. The summed E-state index contributed by atoms with van der Waals surface area (Å²) in [5.74, 6) is 7.60. The van der Waals surface area contributed by atoms with Crippen LogP contribution in [0.2, 0.25) is 0 Å². The summed E-state index contributed by atoms with van der Waals surface area (Å²) < 4.78 is 26.5. The van der Waals surface area contributed by atoms with Crippen molar-refractivity contribution >= 4 is 0 Å². The first kappa shape index (κ1) is 20.3. The highest BCUT2D eigenvalue weighted by molar-refractivity contribution is 5.33. The van der Waals surface area contributed by atoms with E-state index in [1.807, 2.05) is 0 Å². The van der Waals surface area contributed by atoms with E-state index >= 15 is 0 Å². The van der Waals surface area contributed by atoms with Crippen LogP contribution >= 0.6 is 0 Å². The van der Waals surface area contributed by atoms with Gasteiger partial charge < -0.3 is 0 Å². The first-order chi connectivity index (χ1) is 13.2. The Bertz CT molecular complexity index is 644. The maximum atomic E-state index is 13.6. The molecule has 0 atom stereocenters. The zero-order valence-corrected chi connectivity index (χ0v) is 16.7. The van der Waals surface area contributed by atoms with Crippen molar-refractivity contribution in [2.45, 2.75) is 84.0 Å². The molecule has 2 fully saturated rings. The number of hydrogen-bond donors (Lipinski definition) is 0. The van der Waals surface area contributed by atoms with Crippen molar-refractivity contribution in [2.75, 3.05) is 0 Å². The second-order valence-electron chi connectivity index (χ2n) is 8.63. The molecule has 1 aromatic heterocycles. The molecule has 0 saturated heterocycles. The molecule has 3 heteroatoms. The Labute approximate surface area is 163 Å². The minimum atomic E-state index is -0.799. The maximum absolute atomic E-state index is 13.6. The lowest BCUT2D eigenvalue weighted by molar-refractivity contribution is 0.153. The lowest BCUT2D eigenvalue weighted by atomic mass is 9.69. The SMILES string of the molecule is CCCCC[C@H]1CC[C@H](C2CCC(C#Cc3ccc(F)nc3F)CC2)CC1. The Kier molecular flexibility index (Phi) is 7.68. The predicted octanol–water partition coefficient (Wildman–Crippen LogP) is 6.90. The van der Waals surface area contributed by atoms with Crippen LogP contribution in [0.25, 0.3) is 0 Å². The summed E-state index contributed by atoms with van der Waals surface area (Å²) in [4.78, 5) is 3.20. The minimum absolute atomic E-state index is 0.208. The molecule has 2 saturated carbocycles. The van der Waals surface area contributed by atoms with E-state index in [0.717, 1.165) is 30.6 Å². The highest BCUT2D eigenvalue weighted by Crippen LogP contribution is 2.42. The Morgan fingerprint density at radius 3 is 2.22 bits per heavy atom. The van der Waals surface area contributed by atoms with E-state index in [9.17, 15) is 8.78 Å². The van der Waals surface area contributed by atoms with Crippen LogP contribution in [0.3, 0.4) is 0 Å². The zero-order valence-electron chi connectivity index (χ0n) is 16.7. The summed E-state index contributed by atoms with van der Waals surface area (Å²) in [6.07, 6.45) is 16.0. The average Bonchev–Trinajstić information content (AvgIpc) is 2.69. The third kappa shape index (κ3) is 6.03. The van der Waals surface area contributed by atoms with Gasteiger partial charge in [0.1, 0.15) is 0 Å². The first-order valence-electron chi connectivity index (χ1n) is 11.0. The van der Waals surface area contributed by atoms with Crippen LogP contribution in [0, 0.1) is 47.4 Å². The standard InChI is InChI=1S/C24H33F2N/c1-2-3-4-5-18-6-11-20(12-7-18)21-13-8-19(9-14-21)10-15-22-16-17-23(25)27-24(22)26/h16-21H,2-9,11-14H2,1H3/t18-,19?,20-,21?. The molecule has 2 aliphatic rings. The first-order valence-corrected chi connectivity index (χ1v) is 11.0. The summed E-state index contributed by atoms with van der Waals surface area (Å²) >= 11 is 0. The zero-order chi connectivity index (χ0) is 19.1. The fraction of sp³-hybridized carbons (Fsp3) is 0.708. The molecule has 0 spiro atoms. The molecule has 0 bridgehead atoms. The van der Waals surface area contributed by atoms with E-state index in [4.69, 9.17) is 0 Å². The van der Waals surface area contributed by atoms with E-state index in [2.05, 4.69) is 23.7 Å². The predicted molar refractivity (Wildman–Crippen MR) is 106 cm³/mol. The van der Waals surface area contributed by atoms with Crippen LogP contribution in [0.1, 0.15) is 89.5 Å². The Morgan fingerprint density at radius 2 is 1.59 bits per heavy atom. The van der Waals surface area contributed by atoms with E-state index in [0.29, 0.717) is 5.92 Å². The second kappa shape index (κ2) is 10.2. The number of halogens is 2. The lowest BCUT2D eigenvalue weighted by Gasteiger charge is -2.37. The summed E-state index contributed by atoms with van der Waals surface area (Å²) in [6.45, 7) is 2.28. The maximum Gasteiger partial charge on any atom is 0.231 e. The normalized spacial score (nSPS) is 28.4. The van der Waals surface area contributed by atoms with Gasteiger partial charge in [-0.05, 0) is 68.4 Å². The van der Waals surface area contributed by atoms with Gasteiger partial charge in [-0.1, -0.05) is 57.3 Å². The highest BCUT2D eigenvalue weighted by atomic mass is 19.1. The largest absolute Gasteiger partial charge is 0.231 e. The van der Waals surface area contributed by atoms with Crippen LogP contribution in [-0.2, 0) is 0 Å². The molecule has 1 heterocycles. The topological polar surface area (TPSA) is 12.9 Å². The number of hydrogen-bond acceptors (Lipinski definition) is 1. The molecule has 0 aliphatic heterocycles. The Morgan fingerprint density at radius 1 is 0.926 bits per heavy atom. The van der Waals surface area contributed by atoms with Crippen molar-refractivity contribution < 1.29 is 8.78 Å². The van der Waals surface area contributed by atoms with Gasteiger partial charge >= 0.3 is 0 Å². The van der Waals surface area contributed by atoms with Gasteiger partial charge in [-0.15, -0.1) is 0 Å². The monoisotopic (exact) mass is 373 g/mol. The third-order valence-corrected chi connectivity index (χ3v) is 6.77. The fourth-order valence-electron chi connectivity index (χ4n) is 5.05. The summed E-state index contributed by atoms with van der Waals surface area (Å²) in [5.41, 5.74) is 0.208. The molecule has 0 radical (unpaired) electrons. The molecule has 2 aliphatic carbocycles. The third-order valence-electron chi connectivity index (χ3n) is 6.77. The van der Waals surface area contributed by atoms with E-state index in [1.165, 1.54) is 76.3 Å². The van der Waals surface area contributed by atoms with E-state index < -0.39 is 11.9 Å². The van der Waals surface area contributed by atoms with Gasteiger partial charge in [0.05, 0.1) is 5.56 Å². The van der Waals surface area contributed by atoms with Gasteiger partial charge in [-0.3, -0.25) is 0 Å². The number of pyridine rings is 1. The van der Waals surface area contributed by atoms with Crippen molar-refractivity contribution in [3.63, 3.8) is 0 Å². The quantitative estimate of drug-likeness (QED) is 0.311. The molecule has 1 aromatic rings. The lowest BCUT2D eigenvalue weighted by Crippen LogP contribution is -2.25. The number of aromatic nitrogens is 1. The van der Waals surface area contributed by atoms with Crippen LogP contribution in [0.5, 0.6) is 0 Å². The summed E-state index contributed by atoms with van der Waals surface area (Å²) in [5, 5.41) is 0. The molecule has 1 nitrogen and oxygen atoms in total. The van der Waals surface area contributed by atoms with Crippen LogP contribution < -0.4 is 0 Å². The molecule has 0 unspecified atom stereocenters. The molecular formula is C24H33F2N. The van der Waals surface area contributed by atoms with Gasteiger partial charge in [0.25, 0.3) is 0 Å². The van der Waals surface area contributed by atoms with Gasteiger partial charge in [-0.25, -0.2) is 0 Å². The average molecular weight is 374 g/mol. The summed E-state index contributed by atoms with van der Waals surface area (Å²) in [6, 6.07) is 2.55. The number of nitrogens with zero attached hydrogens (tertiary/aromatic N) is 1. The second-order valence-corrected chi connectivity index (χ2v) is 8.63. The van der Waals surface area contributed by atoms with Crippen LogP contribution in [-0.4, -0.2) is 4.98 Å². The van der Waals surface area contributed by atoms with Gasteiger partial charge in [0.15, 0.2) is 0 Å². The van der Waals surface area contributed by atoms with E-state index in [-0.39, 0.29) is 5.56 Å². The summed E-state index contributed by atoms with van der Waals surface area (Å²) in [7, 11) is 0. The van der Waals surface area contributed by atoms with Crippen molar-refractivity contribution in [1.82, 2.24) is 4.98 Å². The van der Waals surface area contributed by atoms with Crippen molar-refractivity contribution in [1.29, 1.82) is 0 Å². The molecule has 0 aromatic carbocycles. The van der Waals surface area contributed by atoms with Gasteiger partial charge in [-0.2, -0.15) is 13.8 Å². The number of unbranched alkanes of at least 4 members (excludes halogenated alkanes) is 2. The molecule has 0 amide bonds. The van der Waals surface area contributed by atoms with Crippen molar-refractivity contribution in [3.8, 4) is 11.8 Å². The minimum Gasteiger partial charge on any atom is -0.189 e. The van der Waals surface area contributed by atoms with Crippen molar-refractivity contribution in [2.24, 2.45) is 23.7 Å². The number of rotatable bonds is 5. The molecule has 148 valence electrons. The molecule has 3 rings (SSSR count). The van der Waals surface area contributed by atoms with Gasteiger partial charge in [0.2, 0.25) is 11.9 Å². The Balaban J connectivity index is 1.41. The van der Waals surface area contributed by atoms with Crippen molar-refractivity contribution in [3.05, 3.63) is 29.6 Å². The molecule has 0 N–H and O–H groups in total. The van der Waals surface area contributed by atoms with E-state index in [1.54, 1.807) is 0 Å². The van der Waals surface area contributed by atoms with Gasteiger partial charge in [0, 0.05) is 5.92 Å². The molecular weight excluding hydrogens is 340 g/mol. The Hall–Kier alpha value is -1.43. The van der Waals surface area contributed by atoms with Crippen LogP contribution in [0.4, 0.5) is 8.78 Å². The highest BCUT2D eigenvalue weighted by Gasteiger charge is 2.30. The molecule has 27 heavy (non-hydrogen) atoms. The van der Waals surface area contributed by atoms with Crippen LogP contribution in [0.15, 0.2) is 12.1 Å². The smallest absolute Gasteiger partial charge is 0.189 e.